The van der Waals surface area contributed by atoms with Gasteiger partial charge < -0.3 is 14.0 Å². The minimum absolute atomic E-state index is 0.0327. The highest BCUT2D eigenvalue weighted by atomic mass is 35.5. The van der Waals surface area contributed by atoms with E-state index in [4.69, 9.17) is 26.1 Å². The zero-order valence-corrected chi connectivity index (χ0v) is 23.5. The molecule has 0 atom stereocenters. The molecular weight excluding hydrogens is 532 g/mol. The van der Waals surface area contributed by atoms with Gasteiger partial charge in [-0.05, 0) is 76.1 Å². The molecule has 1 amide bonds. The van der Waals surface area contributed by atoms with E-state index in [1.165, 1.54) is 10.5 Å². The summed E-state index contributed by atoms with van der Waals surface area (Å²) in [6.45, 7) is 5.04. The third kappa shape index (κ3) is 5.38. The summed E-state index contributed by atoms with van der Waals surface area (Å²) in [5.41, 5.74) is -0.723. The molecule has 3 aromatic heterocycles. The van der Waals surface area contributed by atoms with Gasteiger partial charge in [-0.25, -0.2) is 9.78 Å². The third-order valence-corrected chi connectivity index (χ3v) is 7.33. The van der Waals surface area contributed by atoms with Gasteiger partial charge in [-0.2, -0.15) is 4.99 Å². The fraction of sp³-hybridized carbons (Fsp3) is 0.367. The summed E-state index contributed by atoms with van der Waals surface area (Å²) in [7, 11) is 0. The number of halogens is 1. The molecule has 0 aliphatic heterocycles. The van der Waals surface area contributed by atoms with Crippen LogP contribution in [-0.2, 0) is 9.53 Å². The van der Waals surface area contributed by atoms with E-state index >= 15 is 0 Å². The molecule has 1 aliphatic carbocycles. The number of ether oxygens (including phenoxy) is 2. The van der Waals surface area contributed by atoms with E-state index in [-0.39, 0.29) is 34.6 Å². The number of carbonyl (C=O) groups excluding carboxylic acids is 2. The number of aromatic nitrogens is 3. The van der Waals surface area contributed by atoms with Crippen LogP contribution >= 0.6 is 11.6 Å². The summed E-state index contributed by atoms with van der Waals surface area (Å²) in [4.78, 5) is 49.9. The molecule has 1 aromatic carbocycles. The van der Waals surface area contributed by atoms with Crippen molar-refractivity contribution in [3.63, 3.8) is 0 Å². The molecule has 4 aromatic rings. The Kier molecular flexibility index (Phi) is 7.76. The SMILES string of the molecule is CCOC(=O)c1cc2c(=O)n3ccccc3nc2n(C2CCCCC2)/c1=N/C(=O)C(C)(C)Oc1ccc(Cl)cc1. The predicted molar refractivity (Wildman–Crippen MR) is 152 cm³/mol. The first-order valence-electron chi connectivity index (χ1n) is 13.5. The first kappa shape index (κ1) is 27.6. The van der Waals surface area contributed by atoms with Gasteiger partial charge in [0.15, 0.2) is 11.1 Å². The Morgan fingerprint density at radius 2 is 1.82 bits per heavy atom. The van der Waals surface area contributed by atoms with Gasteiger partial charge in [-0.3, -0.25) is 14.0 Å². The van der Waals surface area contributed by atoms with Crippen LogP contribution in [0.3, 0.4) is 0 Å². The maximum absolute atomic E-state index is 13.7. The van der Waals surface area contributed by atoms with E-state index < -0.39 is 17.5 Å². The van der Waals surface area contributed by atoms with Crippen LogP contribution < -0.4 is 15.8 Å². The average Bonchev–Trinajstić information content (AvgIpc) is 2.94. The molecule has 10 heteroatoms. The van der Waals surface area contributed by atoms with E-state index in [1.807, 2.05) is 0 Å². The number of carbonyl (C=O) groups is 2. The summed E-state index contributed by atoms with van der Waals surface area (Å²) in [5.74, 6) is -0.827. The number of esters is 1. The molecular formula is C30H31ClN4O5. The maximum atomic E-state index is 13.7. The molecule has 208 valence electrons. The lowest BCUT2D eigenvalue weighted by Crippen LogP contribution is -2.41. The van der Waals surface area contributed by atoms with Crippen LogP contribution in [-0.4, -0.2) is 38.0 Å². The van der Waals surface area contributed by atoms with Crippen molar-refractivity contribution in [1.29, 1.82) is 0 Å². The minimum atomic E-state index is -1.38. The van der Waals surface area contributed by atoms with Crippen molar-refractivity contribution in [3.8, 4) is 5.75 Å². The molecule has 0 N–H and O–H groups in total. The van der Waals surface area contributed by atoms with Gasteiger partial charge in [0.1, 0.15) is 22.6 Å². The molecule has 0 bridgehead atoms. The summed E-state index contributed by atoms with van der Waals surface area (Å²) in [6, 6.07) is 13.3. The van der Waals surface area contributed by atoms with Gasteiger partial charge in [0.05, 0.1) is 12.0 Å². The molecule has 0 saturated heterocycles. The molecule has 9 nitrogen and oxygen atoms in total. The van der Waals surface area contributed by atoms with Crippen LogP contribution in [0.5, 0.6) is 5.75 Å². The molecule has 1 fully saturated rings. The molecule has 0 spiro atoms. The molecule has 5 rings (SSSR count). The quantitative estimate of drug-likeness (QED) is 0.234. The van der Waals surface area contributed by atoms with E-state index in [0.29, 0.717) is 22.1 Å². The number of amides is 1. The van der Waals surface area contributed by atoms with E-state index in [1.54, 1.807) is 74.0 Å². The number of benzene rings is 1. The standard InChI is InChI=1S/C30H31ClN4O5/c1-4-39-28(37)23-18-22-25(32-24-12-8-9-17-34(24)27(22)36)35(20-10-6-5-7-11-20)26(23)33-29(38)30(2,3)40-21-15-13-19(31)14-16-21/h8-9,12-18,20H,4-7,10-11H2,1-3H3/b33-26+. The van der Waals surface area contributed by atoms with Gasteiger partial charge in [0, 0.05) is 17.3 Å². The van der Waals surface area contributed by atoms with Crippen molar-refractivity contribution < 1.29 is 19.1 Å². The molecule has 0 unspecified atom stereocenters. The lowest BCUT2D eigenvalue weighted by atomic mass is 9.94. The van der Waals surface area contributed by atoms with Crippen LogP contribution in [0.4, 0.5) is 0 Å². The van der Waals surface area contributed by atoms with Gasteiger partial charge in [0.25, 0.3) is 11.5 Å². The van der Waals surface area contributed by atoms with E-state index in [0.717, 1.165) is 32.1 Å². The Morgan fingerprint density at radius 1 is 1.10 bits per heavy atom. The maximum Gasteiger partial charge on any atom is 0.341 e. The highest BCUT2D eigenvalue weighted by Gasteiger charge is 2.32. The molecule has 3 heterocycles. The minimum Gasteiger partial charge on any atom is -0.478 e. The number of hydrogen-bond donors (Lipinski definition) is 0. The Balaban J connectivity index is 1.79. The van der Waals surface area contributed by atoms with Crippen LogP contribution in [0.25, 0.3) is 16.7 Å². The lowest BCUT2D eigenvalue weighted by Gasteiger charge is -2.27. The number of fused-ring (bicyclic) bond motifs is 2. The summed E-state index contributed by atoms with van der Waals surface area (Å²) in [6.07, 6.45) is 6.24. The zero-order valence-electron chi connectivity index (χ0n) is 22.7. The van der Waals surface area contributed by atoms with E-state index in [2.05, 4.69) is 4.99 Å². The topological polar surface area (TPSA) is 104 Å². The van der Waals surface area contributed by atoms with Crippen LogP contribution in [0.2, 0.25) is 5.02 Å². The van der Waals surface area contributed by atoms with Crippen molar-refractivity contribution in [3.05, 3.63) is 81.2 Å². The third-order valence-electron chi connectivity index (χ3n) is 7.08. The van der Waals surface area contributed by atoms with Gasteiger partial charge in [0.2, 0.25) is 0 Å². The fourth-order valence-electron chi connectivity index (χ4n) is 5.07. The first-order chi connectivity index (χ1) is 19.2. The van der Waals surface area contributed by atoms with Gasteiger partial charge >= 0.3 is 5.97 Å². The van der Waals surface area contributed by atoms with Crippen LogP contribution in [0.15, 0.2) is 64.5 Å². The molecule has 40 heavy (non-hydrogen) atoms. The molecule has 0 radical (unpaired) electrons. The van der Waals surface area contributed by atoms with Crippen molar-refractivity contribution in [2.75, 3.05) is 6.61 Å². The van der Waals surface area contributed by atoms with Crippen LogP contribution in [0.1, 0.15) is 69.3 Å². The number of pyridine rings is 2. The zero-order chi connectivity index (χ0) is 28.4. The molecule has 1 saturated carbocycles. The van der Waals surface area contributed by atoms with E-state index in [9.17, 15) is 14.4 Å². The Bertz CT molecular complexity index is 1720. The Labute approximate surface area is 236 Å². The number of rotatable bonds is 6. The Hall–Kier alpha value is -3.98. The lowest BCUT2D eigenvalue weighted by molar-refractivity contribution is -0.130. The summed E-state index contributed by atoms with van der Waals surface area (Å²) >= 11 is 5.99. The predicted octanol–water partition coefficient (Wildman–Crippen LogP) is 5.27. The number of hydrogen-bond acceptors (Lipinski definition) is 6. The monoisotopic (exact) mass is 562 g/mol. The van der Waals surface area contributed by atoms with Crippen LogP contribution in [0, 0.1) is 0 Å². The van der Waals surface area contributed by atoms with Crippen molar-refractivity contribution in [1.82, 2.24) is 14.0 Å². The van der Waals surface area contributed by atoms with Gasteiger partial charge in [-0.15, -0.1) is 0 Å². The van der Waals surface area contributed by atoms with Gasteiger partial charge in [-0.1, -0.05) is 36.9 Å². The highest BCUT2D eigenvalue weighted by molar-refractivity contribution is 6.30. The second kappa shape index (κ2) is 11.3. The summed E-state index contributed by atoms with van der Waals surface area (Å²) < 4.78 is 14.6. The smallest absolute Gasteiger partial charge is 0.341 e. The highest BCUT2D eigenvalue weighted by Crippen LogP contribution is 2.29. The average molecular weight is 563 g/mol. The normalized spacial score (nSPS) is 14.9. The summed E-state index contributed by atoms with van der Waals surface area (Å²) in [5, 5.41) is 0.793. The largest absolute Gasteiger partial charge is 0.478 e. The second-order valence-electron chi connectivity index (χ2n) is 10.3. The number of nitrogens with zero attached hydrogens (tertiary/aromatic N) is 4. The Morgan fingerprint density at radius 3 is 2.52 bits per heavy atom. The second-order valence-corrected chi connectivity index (χ2v) is 10.8. The first-order valence-corrected chi connectivity index (χ1v) is 13.8. The fourth-order valence-corrected chi connectivity index (χ4v) is 5.20. The van der Waals surface area contributed by atoms with Crippen molar-refractivity contribution in [2.45, 2.75) is 64.5 Å². The molecule has 1 aliphatic rings. The van der Waals surface area contributed by atoms with Crippen molar-refractivity contribution in [2.24, 2.45) is 4.99 Å². The van der Waals surface area contributed by atoms with Crippen molar-refractivity contribution >= 4 is 40.2 Å².